The van der Waals surface area contributed by atoms with E-state index in [1.807, 2.05) is 0 Å². The van der Waals surface area contributed by atoms with Gasteiger partial charge >= 0.3 is 0 Å². The Bertz CT molecular complexity index is 400. The summed E-state index contributed by atoms with van der Waals surface area (Å²) in [6.45, 7) is 4.18. The summed E-state index contributed by atoms with van der Waals surface area (Å²) in [5.74, 6) is 0.996. The molecule has 1 N–H and O–H groups in total. The number of halogens is 1. The molecule has 1 fully saturated rings. The molecular weight excluding hydrogens is 314 g/mol. The van der Waals surface area contributed by atoms with Crippen LogP contribution in [0.2, 0.25) is 0 Å². The maximum Gasteiger partial charge on any atom is 0.133 e. The molecule has 1 aromatic rings. The van der Waals surface area contributed by atoms with Gasteiger partial charge in [-0.05, 0) is 72.3 Å². The van der Waals surface area contributed by atoms with E-state index >= 15 is 0 Å². The van der Waals surface area contributed by atoms with E-state index in [1.165, 1.54) is 50.5 Å². The molecule has 2 rings (SSSR count). The van der Waals surface area contributed by atoms with Crippen LogP contribution in [-0.2, 0) is 6.54 Å². The first-order chi connectivity index (χ1) is 9.79. The highest BCUT2D eigenvalue weighted by Gasteiger charge is 2.15. The molecule has 20 heavy (non-hydrogen) atoms. The van der Waals surface area contributed by atoms with Crippen LogP contribution < -0.4 is 10.1 Å². The van der Waals surface area contributed by atoms with Crippen molar-refractivity contribution in [1.82, 2.24) is 5.32 Å². The Morgan fingerprint density at radius 3 is 2.60 bits per heavy atom. The molecule has 1 aromatic carbocycles. The van der Waals surface area contributed by atoms with E-state index < -0.39 is 0 Å². The fourth-order valence-corrected chi connectivity index (χ4v) is 3.22. The molecule has 112 valence electrons. The number of nitrogens with one attached hydrogen (secondary N) is 1. The van der Waals surface area contributed by atoms with Gasteiger partial charge in [-0.1, -0.05) is 25.8 Å². The van der Waals surface area contributed by atoms with Gasteiger partial charge in [0.05, 0.1) is 10.6 Å². The van der Waals surface area contributed by atoms with Gasteiger partial charge in [0.2, 0.25) is 0 Å². The van der Waals surface area contributed by atoms with Crippen molar-refractivity contribution in [3.05, 3.63) is 28.2 Å². The van der Waals surface area contributed by atoms with Crippen molar-refractivity contribution >= 4 is 15.9 Å². The minimum absolute atomic E-state index is 0.401. The van der Waals surface area contributed by atoms with Crippen molar-refractivity contribution in [1.29, 1.82) is 0 Å². The number of benzene rings is 1. The number of ether oxygens (including phenoxy) is 1. The van der Waals surface area contributed by atoms with Crippen molar-refractivity contribution in [2.24, 2.45) is 0 Å². The van der Waals surface area contributed by atoms with Crippen molar-refractivity contribution < 1.29 is 4.74 Å². The van der Waals surface area contributed by atoms with Gasteiger partial charge in [0.15, 0.2) is 0 Å². The summed E-state index contributed by atoms with van der Waals surface area (Å²) in [6, 6.07) is 6.45. The van der Waals surface area contributed by atoms with Gasteiger partial charge in [-0.2, -0.15) is 0 Å². The molecule has 0 bridgehead atoms. The zero-order valence-electron chi connectivity index (χ0n) is 12.5. The third kappa shape index (κ3) is 5.10. The lowest BCUT2D eigenvalue weighted by molar-refractivity contribution is 0.182. The predicted molar refractivity (Wildman–Crippen MR) is 88.3 cm³/mol. The second kappa shape index (κ2) is 8.68. The monoisotopic (exact) mass is 339 g/mol. The van der Waals surface area contributed by atoms with E-state index in [0.29, 0.717) is 6.10 Å². The van der Waals surface area contributed by atoms with Crippen LogP contribution in [-0.4, -0.2) is 12.6 Å². The van der Waals surface area contributed by atoms with Gasteiger partial charge < -0.3 is 10.1 Å². The minimum Gasteiger partial charge on any atom is -0.489 e. The quantitative estimate of drug-likeness (QED) is 0.578. The fourth-order valence-electron chi connectivity index (χ4n) is 2.70. The number of rotatable bonds is 6. The van der Waals surface area contributed by atoms with E-state index in [4.69, 9.17) is 4.74 Å². The molecule has 1 aliphatic rings. The van der Waals surface area contributed by atoms with E-state index in [2.05, 4.69) is 46.4 Å². The average molecular weight is 340 g/mol. The molecular formula is C17H26BrNO. The lowest BCUT2D eigenvalue weighted by atomic mass is 10.1. The molecule has 0 amide bonds. The molecule has 0 spiro atoms. The van der Waals surface area contributed by atoms with Crippen molar-refractivity contribution in [3.63, 3.8) is 0 Å². The maximum atomic E-state index is 6.18. The van der Waals surface area contributed by atoms with Gasteiger partial charge in [0.25, 0.3) is 0 Å². The molecule has 0 aromatic heterocycles. The summed E-state index contributed by atoms with van der Waals surface area (Å²) in [7, 11) is 0. The average Bonchev–Trinajstić information content (AvgIpc) is 2.71. The molecule has 3 heteroatoms. The summed E-state index contributed by atoms with van der Waals surface area (Å²) in [4.78, 5) is 0. The van der Waals surface area contributed by atoms with E-state index in [9.17, 15) is 0 Å². The van der Waals surface area contributed by atoms with Crippen LogP contribution in [0, 0.1) is 0 Å². The van der Waals surface area contributed by atoms with Gasteiger partial charge in [0, 0.05) is 6.54 Å². The van der Waals surface area contributed by atoms with E-state index in [-0.39, 0.29) is 0 Å². The van der Waals surface area contributed by atoms with Crippen LogP contribution in [0.1, 0.15) is 57.4 Å². The number of hydrogen-bond donors (Lipinski definition) is 1. The van der Waals surface area contributed by atoms with Crippen LogP contribution in [0.15, 0.2) is 22.7 Å². The highest BCUT2D eigenvalue weighted by atomic mass is 79.9. The Balaban J connectivity index is 1.91. The molecule has 0 saturated heterocycles. The standard InChI is InChI=1S/C17H26BrNO/c1-2-11-19-13-14-9-10-17(16(18)12-14)20-15-7-5-3-4-6-8-15/h9-10,12,15,19H,2-8,11,13H2,1H3. The minimum atomic E-state index is 0.401. The Labute approximate surface area is 131 Å². The first-order valence-electron chi connectivity index (χ1n) is 7.95. The summed E-state index contributed by atoms with van der Waals surface area (Å²) in [5, 5.41) is 3.43. The molecule has 0 aliphatic heterocycles. The third-order valence-electron chi connectivity index (χ3n) is 3.85. The van der Waals surface area contributed by atoms with Crippen LogP contribution in [0.3, 0.4) is 0 Å². The van der Waals surface area contributed by atoms with Crippen molar-refractivity contribution in [2.75, 3.05) is 6.54 Å². The molecule has 2 nitrogen and oxygen atoms in total. The zero-order valence-corrected chi connectivity index (χ0v) is 14.0. The smallest absolute Gasteiger partial charge is 0.133 e. The molecule has 0 unspecified atom stereocenters. The fraction of sp³-hybridized carbons (Fsp3) is 0.647. The normalized spacial score (nSPS) is 16.9. The van der Waals surface area contributed by atoms with E-state index in [0.717, 1.165) is 23.3 Å². The van der Waals surface area contributed by atoms with Crippen LogP contribution in [0.4, 0.5) is 0 Å². The molecule has 0 atom stereocenters. The maximum absolute atomic E-state index is 6.18. The Kier molecular flexibility index (Phi) is 6.88. The predicted octanol–water partition coefficient (Wildman–Crippen LogP) is 5.05. The lowest BCUT2D eigenvalue weighted by Gasteiger charge is -2.18. The van der Waals surface area contributed by atoms with Gasteiger partial charge in [-0.15, -0.1) is 0 Å². The number of hydrogen-bond acceptors (Lipinski definition) is 2. The Morgan fingerprint density at radius 1 is 1.20 bits per heavy atom. The summed E-state index contributed by atoms with van der Waals surface area (Å²) in [6.07, 6.45) is 9.31. The Morgan fingerprint density at radius 2 is 1.95 bits per heavy atom. The Hall–Kier alpha value is -0.540. The topological polar surface area (TPSA) is 21.3 Å². The van der Waals surface area contributed by atoms with Crippen LogP contribution >= 0.6 is 15.9 Å². The van der Waals surface area contributed by atoms with Crippen molar-refractivity contribution in [2.45, 2.75) is 64.5 Å². The first kappa shape index (κ1) is 15.8. The molecule has 1 saturated carbocycles. The largest absolute Gasteiger partial charge is 0.489 e. The van der Waals surface area contributed by atoms with Gasteiger partial charge in [-0.3, -0.25) is 0 Å². The molecule has 0 heterocycles. The van der Waals surface area contributed by atoms with Crippen molar-refractivity contribution in [3.8, 4) is 5.75 Å². The van der Waals surface area contributed by atoms with E-state index in [1.54, 1.807) is 0 Å². The highest BCUT2D eigenvalue weighted by molar-refractivity contribution is 9.10. The second-order valence-electron chi connectivity index (χ2n) is 5.67. The summed E-state index contributed by atoms with van der Waals surface area (Å²) in [5.41, 5.74) is 1.30. The van der Waals surface area contributed by atoms with Crippen LogP contribution in [0.25, 0.3) is 0 Å². The lowest BCUT2D eigenvalue weighted by Crippen LogP contribution is -2.16. The summed E-state index contributed by atoms with van der Waals surface area (Å²) >= 11 is 3.65. The highest BCUT2D eigenvalue weighted by Crippen LogP contribution is 2.30. The SMILES string of the molecule is CCCNCc1ccc(OC2CCCCCC2)c(Br)c1. The van der Waals surface area contributed by atoms with Gasteiger partial charge in [0.1, 0.15) is 5.75 Å². The third-order valence-corrected chi connectivity index (χ3v) is 4.47. The molecule has 0 radical (unpaired) electrons. The summed E-state index contributed by atoms with van der Waals surface area (Å²) < 4.78 is 7.26. The molecule has 1 aliphatic carbocycles. The zero-order chi connectivity index (χ0) is 14.2. The second-order valence-corrected chi connectivity index (χ2v) is 6.53. The first-order valence-corrected chi connectivity index (χ1v) is 8.74. The van der Waals surface area contributed by atoms with Crippen LogP contribution in [0.5, 0.6) is 5.75 Å². The van der Waals surface area contributed by atoms with Gasteiger partial charge in [-0.25, -0.2) is 0 Å².